The van der Waals surface area contributed by atoms with Crippen molar-refractivity contribution in [2.75, 3.05) is 22.5 Å². The van der Waals surface area contributed by atoms with E-state index in [9.17, 15) is 32.7 Å². The molecule has 0 radical (unpaired) electrons. The number of anilines is 4. The monoisotopic (exact) mass is 733 g/mol. The van der Waals surface area contributed by atoms with Gasteiger partial charge in [0.25, 0.3) is 21.6 Å². The smallest absolute Gasteiger partial charge is 0.326 e. The third-order valence-corrected chi connectivity index (χ3v) is 8.68. The number of aromatic amines is 1. The van der Waals surface area contributed by atoms with Crippen LogP contribution >= 0.6 is 0 Å². The van der Waals surface area contributed by atoms with Gasteiger partial charge in [-0.2, -0.15) is 13.4 Å². The van der Waals surface area contributed by atoms with E-state index in [0.717, 1.165) is 17.8 Å². The number of aliphatic carboxylic acids is 2. The molecule has 5 aromatic rings. The fraction of sp³-hybridized carbons (Fsp3) is 0.182. The van der Waals surface area contributed by atoms with Crippen LogP contribution in [0.3, 0.4) is 0 Å². The minimum absolute atomic E-state index is 0.00244. The van der Waals surface area contributed by atoms with E-state index in [0.29, 0.717) is 11.4 Å². The molecular formula is C33H35N9O9S. The van der Waals surface area contributed by atoms with Gasteiger partial charge in [0.05, 0.1) is 18.4 Å². The molecule has 2 atom stereocenters. The van der Waals surface area contributed by atoms with Gasteiger partial charge in [0, 0.05) is 29.0 Å². The first-order chi connectivity index (χ1) is 24.5. The topological polar surface area (TPSA) is 320 Å². The molecule has 272 valence electrons. The van der Waals surface area contributed by atoms with Gasteiger partial charge in [-0.3, -0.25) is 23.9 Å². The molecule has 5 rings (SSSR count). The molecular weight excluding hydrogens is 698 g/mol. The Labute approximate surface area is 295 Å². The van der Waals surface area contributed by atoms with Crippen LogP contribution in [0.4, 0.5) is 23.0 Å². The number of nitrogens with zero attached hydrogens (tertiary/aromatic N) is 3. The summed E-state index contributed by atoms with van der Waals surface area (Å²) in [6, 6.07) is 17.7. The van der Waals surface area contributed by atoms with Crippen LogP contribution in [0, 0.1) is 0 Å². The van der Waals surface area contributed by atoms with E-state index < -0.39 is 51.2 Å². The van der Waals surface area contributed by atoms with E-state index in [-0.39, 0.29) is 29.2 Å². The van der Waals surface area contributed by atoms with E-state index in [2.05, 4.69) is 38.2 Å². The molecule has 0 fully saturated rings. The maximum Gasteiger partial charge on any atom is 0.326 e. The van der Waals surface area contributed by atoms with Gasteiger partial charge < -0.3 is 38.0 Å². The summed E-state index contributed by atoms with van der Waals surface area (Å²) in [6.07, 6.45) is 1.26. The van der Waals surface area contributed by atoms with Crippen molar-refractivity contribution >= 4 is 62.1 Å². The zero-order chi connectivity index (χ0) is 38.2. The van der Waals surface area contributed by atoms with E-state index in [4.69, 9.17) is 26.9 Å². The number of nitrogens with two attached hydrogens (primary N) is 3. The number of nitrogens with one attached hydrogen (secondary N) is 3. The minimum Gasteiger partial charge on any atom is -0.480 e. The van der Waals surface area contributed by atoms with Gasteiger partial charge in [-0.15, -0.1) is 0 Å². The molecule has 1 amide bonds. The first-order valence-electron chi connectivity index (χ1n) is 15.4. The van der Waals surface area contributed by atoms with Crippen molar-refractivity contribution in [3.63, 3.8) is 0 Å². The second-order valence-corrected chi connectivity index (χ2v) is 12.8. The number of carbonyl (C=O) groups is 3. The van der Waals surface area contributed by atoms with Crippen LogP contribution in [0.1, 0.15) is 35.0 Å². The normalized spacial score (nSPS) is 12.2. The number of hydrogen-bond donors (Lipinski definition) is 9. The molecule has 2 heterocycles. The zero-order valence-corrected chi connectivity index (χ0v) is 28.3. The van der Waals surface area contributed by atoms with Gasteiger partial charge in [-0.05, 0) is 71.6 Å². The number of carbonyl (C=O) groups excluding carboxylic acids is 1. The van der Waals surface area contributed by atoms with Gasteiger partial charge in [0.1, 0.15) is 6.04 Å². The van der Waals surface area contributed by atoms with Crippen LogP contribution in [0.25, 0.3) is 22.3 Å². The van der Waals surface area contributed by atoms with Gasteiger partial charge in [-0.25, -0.2) is 14.8 Å². The lowest BCUT2D eigenvalue weighted by atomic mass is 10.0. The van der Waals surface area contributed by atoms with E-state index in [1.54, 1.807) is 0 Å². The lowest BCUT2D eigenvalue weighted by Gasteiger charge is -2.17. The number of hydrogen-bond acceptors (Lipinski definition) is 13. The molecule has 2 aromatic heterocycles. The van der Waals surface area contributed by atoms with Crippen molar-refractivity contribution < 1.29 is 37.6 Å². The van der Waals surface area contributed by atoms with Crippen molar-refractivity contribution in [1.29, 1.82) is 0 Å². The lowest BCUT2D eigenvalue weighted by molar-refractivity contribution is -0.140. The Bertz CT molecular complexity index is 2260. The molecule has 0 saturated heterocycles. The molecule has 1 unspecified atom stereocenters. The van der Waals surface area contributed by atoms with Crippen LogP contribution in [-0.2, 0) is 32.7 Å². The van der Waals surface area contributed by atoms with Gasteiger partial charge in [0.15, 0.2) is 16.4 Å². The standard InChI is InChI=1S/C19H19N7O9S.C14H16N2/c20-19-25-14-13(16(28)26-19)23-10(7-22-14)6-21-9-3-1-8(2-4-9)15(27)24-11(17(29)30)5-12(18(31)32)36(33,34)35;1-2-10-9-12(5-8-14(10)16)11-3-6-13(15)7-4-11/h1-4,7,11-12,21H,5-6H2,(H,24,27)(H,29,30)(H,31,32)(H,33,34,35)(H3,20,22,25,26,28);3-9H,2,15-16H2,1H3/t11-,12?;/m0./s1. The predicted octanol–water partition coefficient (Wildman–Crippen LogP) is 1.90. The summed E-state index contributed by atoms with van der Waals surface area (Å²) in [7, 11) is -5.10. The number of carboxylic acid groups (broad SMARTS) is 2. The average molecular weight is 734 g/mol. The van der Waals surface area contributed by atoms with Gasteiger partial charge >= 0.3 is 11.9 Å². The quantitative estimate of drug-likeness (QED) is 0.0653. The molecule has 0 aliphatic heterocycles. The Kier molecular flexibility index (Phi) is 12.1. The third kappa shape index (κ3) is 9.98. The maximum atomic E-state index is 12.4. The SMILES string of the molecule is CCc1cc(-c2ccc(N)cc2)ccc1N.Nc1nc2ncc(CNc3ccc(C(=O)N[C@@H](CC(C(=O)O)S(=O)(=O)O)C(=O)O)cc3)nc2c(=O)[nH]1. The van der Waals surface area contributed by atoms with Crippen LogP contribution in [0.15, 0.2) is 77.7 Å². The molecule has 18 nitrogen and oxygen atoms in total. The number of fused-ring (bicyclic) bond motifs is 1. The van der Waals surface area contributed by atoms with Crippen molar-refractivity contribution in [1.82, 2.24) is 25.3 Å². The molecule has 19 heteroatoms. The summed E-state index contributed by atoms with van der Waals surface area (Å²) < 4.78 is 31.4. The first kappa shape index (κ1) is 38.2. The summed E-state index contributed by atoms with van der Waals surface area (Å²) in [5.41, 5.74) is 22.7. The fourth-order valence-electron chi connectivity index (χ4n) is 4.78. The number of carboxylic acids is 2. The maximum absolute atomic E-state index is 12.4. The van der Waals surface area contributed by atoms with Crippen LogP contribution < -0.4 is 33.4 Å². The van der Waals surface area contributed by atoms with E-state index in [1.165, 1.54) is 47.2 Å². The molecule has 52 heavy (non-hydrogen) atoms. The highest BCUT2D eigenvalue weighted by molar-refractivity contribution is 7.87. The predicted molar refractivity (Wildman–Crippen MR) is 193 cm³/mol. The Balaban J connectivity index is 0.000000313. The number of benzene rings is 3. The van der Waals surface area contributed by atoms with Crippen LogP contribution in [-0.4, -0.2) is 72.3 Å². The molecule has 0 saturated carbocycles. The average Bonchev–Trinajstić information content (AvgIpc) is 3.09. The molecule has 0 spiro atoms. The summed E-state index contributed by atoms with van der Waals surface area (Å²) in [5, 5.41) is 20.8. The van der Waals surface area contributed by atoms with Crippen molar-refractivity contribution in [3.05, 3.63) is 100 Å². The second-order valence-electron chi connectivity index (χ2n) is 11.2. The molecule has 0 aliphatic carbocycles. The highest BCUT2D eigenvalue weighted by Crippen LogP contribution is 2.25. The Hall–Kier alpha value is -6.60. The number of amides is 1. The third-order valence-electron chi connectivity index (χ3n) is 7.56. The summed E-state index contributed by atoms with van der Waals surface area (Å²) >= 11 is 0. The summed E-state index contributed by atoms with van der Waals surface area (Å²) in [5.74, 6) is -4.66. The summed E-state index contributed by atoms with van der Waals surface area (Å²) in [4.78, 5) is 61.2. The molecule has 12 N–H and O–H groups in total. The van der Waals surface area contributed by atoms with Crippen molar-refractivity contribution in [3.8, 4) is 11.1 Å². The van der Waals surface area contributed by atoms with Crippen LogP contribution in [0.2, 0.25) is 0 Å². The van der Waals surface area contributed by atoms with Gasteiger partial charge in [0.2, 0.25) is 5.95 Å². The molecule has 0 aliphatic rings. The highest BCUT2D eigenvalue weighted by Gasteiger charge is 2.36. The number of H-pyrrole nitrogens is 1. The van der Waals surface area contributed by atoms with Crippen LogP contribution in [0.5, 0.6) is 0 Å². The highest BCUT2D eigenvalue weighted by atomic mass is 32.2. The zero-order valence-electron chi connectivity index (χ0n) is 27.5. The number of aromatic nitrogens is 4. The first-order valence-corrected chi connectivity index (χ1v) is 16.9. The minimum atomic E-state index is -5.10. The Morgan fingerprint density at radius 3 is 2.15 bits per heavy atom. The van der Waals surface area contributed by atoms with Gasteiger partial charge in [-0.1, -0.05) is 25.1 Å². The largest absolute Gasteiger partial charge is 0.480 e. The summed E-state index contributed by atoms with van der Waals surface area (Å²) in [6.45, 7) is 2.25. The fourth-order valence-corrected chi connectivity index (χ4v) is 5.47. The van der Waals surface area contributed by atoms with E-state index in [1.807, 2.05) is 41.7 Å². The van der Waals surface area contributed by atoms with E-state index >= 15 is 0 Å². The Morgan fingerprint density at radius 1 is 0.904 bits per heavy atom. The second kappa shape index (κ2) is 16.4. The molecule has 0 bridgehead atoms. The lowest BCUT2D eigenvalue weighted by Crippen LogP contribution is -2.46. The van der Waals surface area contributed by atoms with Crippen molar-refractivity contribution in [2.45, 2.75) is 37.6 Å². The number of rotatable bonds is 12. The number of nitrogen functional groups attached to an aromatic ring is 3. The Morgan fingerprint density at radius 2 is 1.56 bits per heavy atom. The number of aryl methyl sites for hydroxylation is 1. The van der Waals surface area contributed by atoms with Crippen molar-refractivity contribution in [2.24, 2.45) is 0 Å². The molecule has 3 aromatic carbocycles.